The molecule has 7 rings (SSSR count). The Kier molecular flexibility index (Phi) is 2.32. The minimum atomic E-state index is 0.862. The SMILES string of the molecule is COc1ccc2c3c(ccc2c1)C1C(C3)C2CC1C1C3C=CC(C3)C21. The van der Waals surface area contributed by atoms with Crippen LogP contribution in [0.3, 0.4) is 0 Å². The molecule has 1 heteroatoms. The zero-order valence-corrected chi connectivity index (χ0v) is 14.7. The third kappa shape index (κ3) is 1.45. The number of ether oxygens (including phenoxy) is 1. The molecule has 0 aliphatic heterocycles. The summed E-state index contributed by atoms with van der Waals surface area (Å²) in [4.78, 5) is 0. The molecule has 25 heavy (non-hydrogen) atoms. The van der Waals surface area contributed by atoms with Crippen LogP contribution in [0, 0.1) is 41.4 Å². The summed E-state index contributed by atoms with van der Waals surface area (Å²) in [6.45, 7) is 0. The second-order valence-corrected chi connectivity index (χ2v) is 9.28. The molecule has 5 aliphatic carbocycles. The molecule has 5 aliphatic rings. The van der Waals surface area contributed by atoms with Crippen molar-refractivity contribution in [1.29, 1.82) is 0 Å². The van der Waals surface area contributed by atoms with Crippen molar-refractivity contribution in [3.05, 3.63) is 53.6 Å². The minimum absolute atomic E-state index is 0.862. The molecular formula is C24H24O. The molecule has 4 bridgehead atoms. The molecule has 0 saturated heterocycles. The molecule has 126 valence electrons. The first kappa shape index (κ1) is 13.4. The monoisotopic (exact) mass is 328 g/mol. The molecule has 0 spiro atoms. The number of hydrogen-bond acceptors (Lipinski definition) is 1. The van der Waals surface area contributed by atoms with E-state index in [1.807, 2.05) is 0 Å². The summed E-state index contributed by atoms with van der Waals surface area (Å²) in [7, 11) is 1.76. The molecule has 0 amide bonds. The normalized spacial score (nSPS) is 44.4. The van der Waals surface area contributed by atoms with E-state index in [2.05, 4.69) is 42.5 Å². The van der Waals surface area contributed by atoms with Crippen molar-refractivity contribution in [3.63, 3.8) is 0 Å². The molecule has 2 aromatic rings. The standard InChI is InChI=1S/C24H24O/c1-25-15-5-7-16-12(9-15)4-6-17-18(16)10-20-19-11-21(24(17)20)23-14-3-2-13(8-14)22(19)23/h2-7,9,13-14,19-24H,8,10-11H2,1H3. The molecular weight excluding hydrogens is 304 g/mol. The van der Waals surface area contributed by atoms with Crippen LogP contribution in [0.2, 0.25) is 0 Å². The number of fused-ring (bicyclic) bond motifs is 16. The second kappa shape index (κ2) is 4.31. The van der Waals surface area contributed by atoms with Gasteiger partial charge in [-0.25, -0.2) is 0 Å². The van der Waals surface area contributed by atoms with E-state index in [-0.39, 0.29) is 0 Å². The van der Waals surface area contributed by atoms with Gasteiger partial charge in [-0.1, -0.05) is 30.4 Å². The van der Waals surface area contributed by atoms with Gasteiger partial charge in [-0.05, 0) is 101 Å². The Balaban J connectivity index is 1.37. The van der Waals surface area contributed by atoms with Crippen LogP contribution in [0.1, 0.15) is 29.9 Å². The number of rotatable bonds is 1. The quantitative estimate of drug-likeness (QED) is 0.517. The van der Waals surface area contributed by atoms with E-state index < -0.39 is 0 Å². The molecule has 8 atom stereocenters. The highest BCUT2D eigenvalue weighted by molar-refractivity contribution is 5.89. The fourth-order valence-corrected chi connectivity index (χ4v) is 8.19. The van der Waals surface area contributed by atoms with Gasteiger partial charge in [-0.2, -0.15) is 0 Å². The third-order valence-corrected chi connectivity index (χ3v) is 8.76. The maximum Gasteiger partial charge on any atom is 0.119 e. The zero-order chi connectivity index (χ0) is 16.3. The Morgan fingerprint density at radius 1 is 0.880 bits per heavy atom. The maximum atomic E-state index is 5.43. The van der Waals surface area contributed by atoms with Crippen LogP contribution in [0.4, 0.5) is 0 Å². The minimum Gasteiger partial charge on any atom is -0.497 e. The fourth-order valence-electron chi connectivity index (χ4n) is 8.19. The highest BCUT2D eigenvalue weighted by Crippen LogP contribution is 2.73. The van der Waals surface area contributed by atoms with Gasteiger partial charge in [-0.15, -0.1) is 0 Å². The largest absolute Gasteiger partial charge is 0.497 e. The summed E-state index contributed by atoms with van der Waals surface area (Å²) < 4.78 is 5.43. The third-order valence-electron chi connectivity index (χ3n) is 8.76. The summed E-state index contributed by atoms with van der Waals surface area (Å²) in [5.74, 6) is 8.62. The molecule has 1 nitrogen and oxygen atoms in total. The average molecular weight is 328 g/mol. The maximum absolute atomic E-state index is 5.43. The summed E-state index contributed by atoms with van der Waals surface area (Å²) in [6, 6.07) is 11.5. The van der Waals surface area contributed by atoms with Crippen LogP contribution in [-0.2, 0) is 6.42 Å². The van der Waals surface area contributed by atoms with Gasteiger partial charge in [0.05, 0.1) is 7.11 Å². The van der Waals surface area contributed by atoms with Crippen molar-refractivity contribution in [3.8, 4) is 5.75 Å². The number of methoxy groups -OCH3 is 1. The average Bonchev–Trinajstić information content (AvgIpc) is 3.42. The van der Waals surface area contributed by atoms with E-state index in [4.69, 9.17) is 4.74 Å². The highest BCUT2D eigenvalue weighted by Gasteiger charge is 2.65. The van der Waals surface area contributed by atoms with Crippen molar-refractivity contribution >= 4 is 10.8 Å². The molecule has 8 unspecified atom stereocenters. The van der Waals surface area contributed by atoms with Gasteiger partial charge in [-0.3, -0.25) is 0 Å². The molecule has 3 saturated carbocycles. The van der Waals surface area contributed by atoms with E-state index in [1.165, 1.54) is 30.0 Å². The Bertz CT molecular complexity index is 941. The first-order valence-corrected chi connectivity index (χ1v) is 10.1. The van der Waals surface area contributed by atoms with E-state index in [0.29, 0.717) is 0 Å². The van der Waals surface area contributed by atoms with Crippen LogP contribution in [-0.4, -0.2) is 7.11 Å². The summed E-state index contributed by atoms with van der Waals surface area (Å²) in [5, 5.41) is 2.84. The summed E-state index contributed by atoms with van der Waals surface area (Å²) in [6.07, 6.45) is 9.48. The van der Waals surface area contributed by atoms with Crippen LogP contribution in [0.25, 0.3) is 10.8 Å². The van der Waals surface area contributed by atoms with E-state index in [1.54, 1.807) is 18.2 Å². The Morgan fingerprint density at radius 3 is 2.56 bits per heavy atom. The van der Waals surface area contributed by atoms with E-state index >= 15 is 0 Å². The molecule has 0 N–H and O–H groups in total. The van der Waals surface area contributed by atoms with Crippen LogP contribution < -0.4 is 4.74 Å². The number of hydrogen-bond donors (Lipinski definition) is 0. The predicted molar refractivity (Wildman–Crippen MR) is 99.7 cm³/mol. The fraction of sp³-hybridized carbons (Fsp3) is 0.500. The zero-order valence-electron chi connectivity index (χ0n) is 14.7. The van der Waals surface area contributed by atoms with Crippen molar-refractivity contribution in [2.24, 2.45) is 41.4 Å². The van der Waals surface area contributed by atoms with Crippen molar-refractivity contribution in [2.75, 3.05) is 7.11 Å². The van der Waals surface area contributed by atoms with Crippen molar-refractivity contribution < 1.29 is 4.74 Å². The molecule has 3 fully saturated rings. The van der Waals surface area contributed by atoms with Crippen molar-refractivity contribution in [2.45, 2.75) is 25.2 Å². The predicted octanol–water partition coefficient (Wildman–Crippen LogP) is 5.19. The highest BCUT2D eigenvalue weighted by atomic mass is 16.5. The lowest BCUT2D eigenvalue weighted by Crippen LogP contribution is -2.34. The lowest BCUT2D eigenvalue weighted by atomic mass is 9.65. The summed E-state index contributed by atoms with van der Waals surface area (Å²) >= 11 is 0. The van der Waals surface area contributed by atoms with Gasteiger partial charge in [0.15, 0.2) is 0 Å². The van der Waals surface area contributed by atoms with Gasteiger partial charge in [0.1, 0.15) is 5.75 Å². The first-order valence-electron chi connectivity index (χ1n) is 10.1. The second-order valence-electron chi connectivity index (χ2n) is 9.28. The summed E-state index contributed by atoms with van der Waals surface area (Å²) in [5.41, 5.74) is 3.38. The van der Waals surface area contributed by atoms with Gasteiger partial charge in [0.2, 0.25) is 0 Å². The van der Waals surface area contributed by atoms with Crippen LogP contribution in [0.5, 0.6) is 5.75 Å². The Hall–Kier alpha value is -1.76. The Morgan fingerprint density at radius 2 is 1.72 bits per heavy atom. The smallest absolute Gasteiger partial charge is 0.119 e. The van der Waals surface area contributed by atoms with E-state index in [0.717, 1.165) is 53.1 Å². The number of allylic oxidation sites excluding steroid dienone is 2. The van der Waals surface area contributed by atoms with Gasteiger partial charge in [0.25, 0.3) is 0 Å². The lowest BCUT2D eigenvalue weighted by Gasteiger charge is -2.39. The lowest BCUT2D eigenvalue weighted by molar-refractivity contribution is 0.136. The Labute approximate surface area is 149 Å². The van der Waals surface area contributed by atoms with Crippen molar-refractivity contribution in [1.82, 2.24) is 0 Å². The van der Waals surface area contributed by atoms with Gasteiger partial charge < -0.3 is 4.74 Å². The van der Waals surface area contributed by atoms with E-state index in [9.17, 15) is 0 Å². The number of benzene rings is 2. The van der Waals surface area contributed by atoms with Crippen LogP contribution in [0.15, 0.2) is 42.5 Å². The van der Waals surface area contributed by atoms with Gasteiger partial charge in [0, 0.05) is 0 Å². The van der Waals surface area contributed by atoms with Gasteiger partial charge >= 0.3 is 0 Å². The molecule has 0 heterocycles. The topological polar surface area (TPSA) is 9.23 Å². The molecule has 0 radical (unpaired) electrons. The van der Waals surface area contributed by atoms with Crippen LogP contribution >= 0.6 is 0 Å². The molecule has 0 aromatic heterocycles. The molecule has 2 aromatic carbocycles. The first-order chi connectivity index (χ1) is 12.3.